The van der Waals surface area contributed by atoms with Crippen LogP contribution in [0.3, 0.4) is 0 Å². The van der Waals surface area contributed by atoms with Crippen molar-refractivity contribution in [3.8, 4) is 6.07 Å². The molecule has 0 spiro atoms. The number of hydrogen-bond donors (Lipinski definition) is 0. The summed E-state index contributed by atoms with van der Waals surface area (Å²) in [6.45, 7) is 4.25. The molecule has 0 saturated carbocycles. The molecule has 0 radical (unpaired) electrons. The molecule has 0 fully saturated rings. The summed E-state index contributed by atoms with van der Waals surface area (Å²) in [5.74, 6) is 0. The Balaban J connectivity index is 0.000000354. The summed E-state index contributed by atoms with van der Waals surface area (Å²) in [4.78, 5) is 0. The molecule has 1 nitrogen and oxygen atoms in total. The van der Waals surface area contributed by atoms with Gasteiger partial charge in [0, 0.05) is 0 Å². The molecule has 0 bridgehead atoms. The molecule has 0 aliphatic carbocycles. The first-order chi connectivity index (χ1) is 5.85. The van der Waals surface area contributed by atoms with Gasteiger partial charge in [0.2, 0.25) is 0 Å². The van der Waals surface area contributed by atoms with E-state index in [1.807, 2.05) is 30.3 Å². The molecule has 0 amide bonds. The maximum atomic E-state index is 8.27. The van der Waals surface area contributed by atoms with Crippen molar-refractivity contribution in [1.29, 1.82) is 5.26 Å². The van der Waals surface area contributed by atoms with Gasteiger partial charge in [0.15, 0.2) is 0 Å². The number of benzene rings is 1. The fraction of sp³-hybridized carbons (Fsp3) is 0.364. The molecule has 0 aliphatic rings. The third kappa shape index (κ3) is 5.49. The van der Waals surface area contributed by atoms with E-state index in [0.29, 0.717) is 6.42 Å². The van der Waals surface area contributed by atoms with Crippen molar-refractivity contribution >= 4 is 0 Å². The molecule has 12 heavy (non-hydrogen) atoms. The predicted octanol–water partition coefficient (Wildman–Crippen LogP) is 3.17. The van der Waals surface area contributed by atoms with Crippen molar-refractivity contribution in [3.63, 3.8) is 0 Å². The van der Waals surface area contributed by atoms with E-state index in [2.05, 4.69) is 19.9 Å². The normalized spacial score (nSPS) is 7.75. The van der Waals surface area contributed by atoms with E-state index in [0.717, 1.165) is 5.56 Å². The number of hydrogen-bond acceptors (Lipinski definition) is 1. The molecule has 0 heterocycles. The van der Waals surface area contributed by atoms with Gasteiger partial charge in [0.05, 0.1) is 12.5 Å². The molecule has 1 rings (SSSR count). The summed E-state index contributed by atoms with van der Waals surface area (Å²) < 4.78 is 0. The Labute approximate surface area is 74.7 Å². The van der Waals surface area contributed by atoms with Crippen LogP contribution in [0.2, 0.25) is 0 Å². The zero-order valence-corrected chi connectivity index (χ0v) is 7.75. The predicted molar refractivity (Wildman–Crippen MR) is 51.7 cm³/mol. The zero-order valence-electron chi connectivity index (χ0n) is 7.75. The Bertz CT molecular complexity index is 221. The number of nitriles is 1. The fourth-order valence-corrected chi connectivity index (χ4v) is 0.687. The van der Waals surface area contributed by atoms with Crippen LogP contribution in [0.25, 0.3) is 0 Å². The van der Waals surface area contributed by atoms with Gasteiger partial charge >= 0.3 is 0 Å². The molecular weight excluding hydrogens is 146 g/mol. The van der Waals surface area contributed by atoms with Crippen molar-refractivity contribution in [2.45, 2.75) is 26.7 Å². The first-order valence-electron chi connectivity index (χ1n) is 4.26. The second-order valence-electron chi connectivity index (χ2n) is 2.53. The van der Waals surface area contributed by atoms with E-state index in [9.17, 15) is 0 Å². The van der Waals surface area contributed by atoms with Crippen LogP contribution >= 0.6 is 0 Å². The molecule has 0 atom stereocenters. The van der Waals surface area contributed by atoms with Crippen LogP contribution in [0.1, 0.15) is 25.8 Å². The topological polar surface area (TPSA) is 23.8 Å². The van der Waals surface area contributed by atoms with Crippen LogP contribution in [0.15, 0.2) is 30.3 Å². The van der Waals surface area contributed by atoms with Crippen molar-refractivity contribution < 1.29 is 0 Å². The Morgan fingerprint density at radius 1 is 1.17 bits per heavy atom. The van der Waals surface area contributed by atoms with Gasteiger partial charge in [-0.15, -0.1) is 0 Å². The Hall–Kier alpha value is -1.29. The summed E-state index contributed by atoms with van der Waals surface area (Å²) in [5.41, 5.74) is 1.08. The number of nitrogens with zero attached hydrogens (tertiary/aromatic N) is 1. The minimum absolute atomic E-state index is 0.515. The second-order valence-corrected chi connectivity index (χ2v) is 2.53. The lowest BCUT2D eigenvalue weighted by Crippen LogP contribution is -1.76. The quantitative estimate of drug-likeness (QED) is 0.620. The van der Waals surface area contributed by atoms with Crippen LogP contribution in [-0.4, -0.2) is 0 Å². The first-order valence-corrected chi connectivity index (χ1v) is 4.26. The van der Waals surface area contributed by atoms with Crippen molar-refractivity contribution in [3.05, 3.63) is 35.9 Å². The molecule has 0 N–H and O–H groups in total. The lowest BCUT2D eigenvalue weighted by molar-refractivity contribution is 1.09. The Morgan fingerprint density at radius 2 is 1.67 bits per heavy atom. The van der Waals surface area contributed by atoms with E-state index >= 15 is 0 Å². The average Bonchev–Trinajstić information content (AvgIpc) is 2.08. The molecule has 64 valence electrons. The van der Waals surface area contributed by atoms with Gasteiger partial charge in [-0.25, -0.2) is 0 Å². The minimum atomic E-state index is 0.515. The van der Waals surface area contributed by atoms with Gasteiger partial charge in [-0.3, -0.25) is 0 Å². The van der Waals surface area contributed by atoms with Gasteiger partial charge in [-0.2, -0.15) is 5.26 Å². The first kappa shape index (κ1) is 10.7. The van der Waals surface area contributed by atoms with E-state index in [-0.39, 0.29) is 0 Å². The summed E-state index contributed by atoms with van der Waals surface area (Å²) in [6, 6.07) is 11.8. The molecule has 1 heteroatoms. The molecule has 1 aromatic carbocycles. The highest BCUT2D eigenvalue weighted by Gasteiger charge is 1.84. The summed E-state index contributed by atoms with van der Waals surface area (Å²) in [6.07, 6.45) is 1.76. The third-order valence-electron chi connectivity index (χ3n) is 1.13. The number of rotatable bonds is 1. The van der Waals surface area contributed by atoms with Crippen molar-refractivity contribution in [1.82, 2.24) is 0 Å². The molecular formula is C11H15N. The third-order valence-corrected chi connectivity index (χ3v) is 1.13. The van der Waals surface area contributed by atoms with E-state index in [4.69, 9.17) is 5.26 Å². The van der Waals surface area contributed by atoms with E-state index < -0.39 is 0 Å². The molecule has 1 aromatic rings. The summed E-state index contributed by atoms with van der Waals surface area (Å²) in [5, 5.41) is 8.27. The highest BCUT2D eigenvalue weighted by molar-refractivity contribution is 5.17. The van der Waals surface area contributed by atoms with Gasteiger partial charge < -0.3 is 0 Å². The molecule has 0 aliphatic heterocycles. The van der Waals surface area contributed by atoms with Crippen molar-refractivity contribution in [2.24, 2.45) is 0 Å². The van der Waals surface area contributed by atoms with Gasteiger partial charge in [-0.05, 0) is 5.56 Å². The fourth-order valence-electron chi connectivity index (χ4n) is 0.687. The monoisotopic (exact) mass is 161 g/mol. The molecule has 0 saturated heterocycles. The Kier molecular flexibility index (Phi) is 6.97. The van der Waals surface area contributed by atoms with Crippen LogP contribution in [0.5, 0.6) is 0 Å². The average molecular weight is 161 g/mol. The van der Waals surface area contributed by atoms with Crippen LogP contribution in [0.4, 0.5) is 0 Å². The minimum Gasteiger partial charge on any atom is -0.198 e. The highest BCUT2D eigenvalue weighted by atomic mass is 14.2. The largest absolute Gasteiger partial charge is 0.198 e. The highest BCUT2D eigenvalue weighted by Crippen LogP contribution is 1.96. The lowest BCUT2D eigenvalue weighted by atomic mass is 10.2. The zero-order chi connectivity index (χ0) is 9.23. The van der Waals surface area contributed by atoms with Gasteiger partial charge in [0.1, 0.15) is 0 Å². The van der Waals surface area contributed by atoms with E-state index in [1.54, 1.807) is 0 Å². The van der Waals surface area contributed by atoms with Crippen LogP contribution in [0, 0.1) is 11.3 Å². The maximum Gasteiger partial charge on any atom is 0.0669 e. The van der Waals surface area contributed by atoms with E-state index in [1.165, 1.54) is 6.42 Å². The summed E-state index contributed by atoms with van der Waals surface area (Å²) in [7, 11) is 0. The Morgan fingerprint density at radius 3 is 2.08 bits per heavy atom. The standard InChI is InChI=1S/C8H7N.C3H8/c9-7-6-8-4-2-1-3-5-8;1-3-2/h1-5H,6H2;3H2,1-2H3. The van der Waals surface area contributed by atoms with Crippen molar-refractivity contribution in [2.75, 3.05) is 0 Å². The lowest BCUT2D eigenvalue weighted by Gasteiger charge is -1.88. The molecule has 0 unspecified atom stereocenters. The SMILES string of the molecule is CCC.N#CCc1ccccc1. The maximum absolute atomic E-state index is 8.27. The van der Waals surface area contributed by atoms with Gasteiger partial charge in [0.25, 0.3) is 0 Å². The summed E-state index contributed by atoms with van der Waals surface area (Å²) >= 11 is 0. The van der Waals surface area contributed by atoms with Crippen LogP contribution < -0.4 is 0 Å². The van der Waals surface area contributed by atoms with Gasteiger partial charge in [-0.1, -0.05) is 50.6 Å². The van der Waals surface area contributed by atoms with Crippen LogP contribution in [-0.2, 0) is 6.42 Å². The second kappa shape index (κ2) is 7.81. The molecule has 0 aromatic heterocycles. The smallest absolute Gasteiger partial charge is 0.0669 e.